The molecule has 0 unspecified atom stereocenters. The van der Waals surface area contributed by atoms with E-state index in [4.69, 9.17) is 17.3 Å². The van der Waals surface area contributed by atoms with E-state index in [9.17, 15) is 4.39 Å². The first-order valence-electron chi connectivity index (χ1n) is 2.79. The zero-order valence-electron chi connectivity index (χ0n) is 5.20. The lowest BCUT2D eigenvalue weighted by molar-refractivity contribution is 0.625. The molecule has 0 aliphatic carbocycles. The Morgan fingerprint density at radius 2 is 2.40 bits per heavy atom. The van der Waals surface area contributed by atoms with Gasteiger partial charge in [0.15, 0.2) is 0 Å². The summed E-state index contributed by atoms with van der Waals surface area (Å²) in [5.74, 6) is -0.529. The SMILES string of the molecule is NCc1c[c]c(F)c(Cl)c1. The van der Waals surface area contributed by atoms with Gasteiger partial charge in [0.1, 0.15) is 5.82 Å². The second-order valence-corrected chi connectivity index (χ2v) is 2.28. The Labute approximate surface area is 63.6 Å². The van der Waals surface area contributed by atoms with Gasteiger partial charge >= 0.3 is 0 Å². The van der Waals surface area contributed by atoms with Gasteiger partial charge in [0.05, 0.1) is 5.02 Å². The van der Waals surface area contributed by atoms with E-state index in [-0.39, 0.29) is 5.02 Å². The largest absolute Gasteiger partial charge is 0.326 e. The molecule has 0 spiro atoms. The molecule has 3 heteroatoms. The van der Waals surface area contributed by atoms with Crippen LogP contribution in [0.15, 0.2) is 12.1 Å². The lowest BCUT2D eigenvalue weighted by atomic mass is 10.2. The molecule has 0 saturated carbocycles. The fourth-order valence-electron chi connectivity index (χ4n) is 0.611. The number of benzene rings is 1. The quantitative estimate of drug-likeness (QED) is 0.662. The number of nitrogens with two attached hydrogens (primary N) is 1. The predicted molar refractivity (Wildman–Crippen MR) is 38.1 cm³/mol. The van der Waals surface area contributed by atoms with E-state index in [0.29, 0.717) is 6.54 Å². The molecule has 0 heterocycles. The second kappa shape index (κ2) is 2.99. The molecular weight excluding hydrogens is 153 g/mol. The van der Waals surface area contributed by atoms with Gasteiger partial charge in [0.25, 0.3) is 0 Å². The molecule has 0 atom stereocenters. The molecule has 1 aromatic rings. The molecule has 1 nitrogen and oxygen atoms in total. The van der Waals surface area contributed by atoms with Crippen LogP contribution in [-0.4, -0.2) is 0 Å². The van der Waals surface area contributed by atoms with Crippen LogP contribution in [0.3, 0.4) is 0 Å². The summed E-state index contributed by atoms with van der Waals surface area (Å²) in [6.45, 7) is 0.358. The van der Waals surface area contributed by atoms with Crippen molar-refractivity contribution in [2.24, 2.45) is 5.73 Å². The minimum atomic E-state index is -0.529. The summed E-state index contributed by atoms with van der Waals surface area (Å²) >= 11 is 5.43. The third-order valence-electron chi connectivity index (χ3n) is 1.14. The number of hydrogen-bond acceptors (Lipinski definition) is 1. The van der Waals surface area contributed by atoms with Crippen molar-refractivity contribution in [3.63, 3.8) is 0 Å². The molecule has 0 fully saturated rings. The highest BCUT2D eigenvalue weighted by atomic mass is 35.5. The average Bonchev–Trinajstić information content (AvgIpc) is 1.95. The van der Waals surface area contributed by atoms with Crippen molar-refractivity contribution in [1.82, 2.24) is 0 Å². The van der Waals surface area contributed by atoms with Crippen LogP contribution in [0.2, 0.25) is 5.02 Å². The first-order chi connectivity index (χ1) is 4.74. The number of rotatable bonds is 1. The Hall–Kier alpha value is -0.600. The molecule has 2 N–H and O–H groups in total. The van der Waals surface area contributed by atoms with Gasteiger partial charge in [-0.05, 0) is 17.7 Å². The van der Waals surface area contributed by atoms with Gasteiger partial charge in [-0.1, -0.05) is 11.6 Å². The van der Waals surface area contributed by atoms with Gasteiger partial charge < -0.3 is 5.73 Å². The standard InChI is InChI=1S/C7H6ClFN/c8-6-3-5(4-10)1-2-7(6)9/h1,3H,4,10H2. The maximum atomic E-state index is 12.4. The lowest BCUT2D eigenvalue weighted by Gasteiger charge is -1.96. The fraction of sp³-hybridized carbons (Fsp3) is 0.143. The van der Waals surface area contributed by atoms with Crippen LogP contribution in [0, 0.1) is 11.9 Å². The van der Waals surface area contributed by atoms with E-state index in [1.807, 2.05) is 0 Å². The molecule has 1 radical (unpaired) electrons. The lowest BCUT2D eigenvalue weighted by Crippen LogP contribution is -1.96. The smallest absolute Gasteiger partial charge is 0.149 e. The highest BCUT2D eigenvalue weighted by Gasteiger charge is 1.98. The zero-order valence-corrected chi connectivity index (χ0v) is 5.95. The van der Waals surface area contributed by atoms with E-state index in [1.165, 1.54) is 12.1 Å². The van der Waals surface area contributed by atoms with Crippen molar-refractivity contribution >= 4 is 11.6 Å². The van der Waals surface area contributed by atoms with Crippen molar-refractivity contribution in [1.29, 1.82) is 0 Å². The Bertz CT molecular complexity index is 237. The van der Waals surface area contributed by atoms with Crippen molar-refractivity contribution in [3.8, 4) is 0 Å². The Balaban J connectivity index is 3.04. The van der Waals surface area contributed by atoms with Crippen LogP contribution >= 0.6 is 11.6 Å². The van der Waals surface area contributed by atoms with Crippen LogP contribution in [0.1, 0.15) is 5.56 Å². The first-order valence-corrected chi connectivity index (χ1v) is 3.17. The molecule has 1 rings (SSSR count). The van der Waals surface area contributed by atoms with Crippen molar-refractivity contribution in [2.45, 2.75) is 6.54 Å². The fourth-order valence-corrected chi connectivity index (χ4v) is 0.805. The monoisotopic (exact) mass is 158 g/mol. The molecule has 0 bridgehead atoms. The third kappa shape index (κ3) is 1.46. The molecular formula is C7H6ClFN. The highest BCUT2D eigenvalue weighted by molar-refractivity contribution is 6.30. The van der Waals surface area contributed by atoms with Crippen molar-refractivity contribution in [2.75, 3.05) is 0 Å². The minimum absolute atomic E-state index is 0.0722. The maximum absolute atomic E-state index is 12.4. The van der Waals surface area contributed by atoms with E-state index < -0.39 is 5.82 Å². The third-order valence-corrected chi connectivity index (χ3v) is 1.42. The maximum Gasteiger partial charge on any atom is 0.149 e. The van der Waals surface area contributed by atoms with Crippen LogP contribution in [-0.2, 0) is 6.54 Å². The molecule has 10 heavy (non-hydrogen) atoms. The van der Waals surface area contributed by atoms with Crippen molar-refractivity contribution < 1.29 is 4.39 Å². The summed E-state index contributed by atoms with van der Waals surface area (Å²) in [6, 6.07) is 5.32. The van der Waals surface area contributed by atoms with E-state index >= 15 is 0 Å². The normalized spacial score (nSPS) is 9.90. The summed E-state index contributed by atoms with van der Waals surface area (Å²) in [5.41, 5.74) is 6.05. The minimum Gasteiger partial charge on any atom is -0.326 e. The predicted octanol–water partition coefficient (Wildman–Crippen LogP) is 1.74. The zero-order chi connectivity index (χ0) is 7.56. The first kappa shape index (κ1) is 7.51. The van der Waals surface area contributed by atoms with Gasteiger partial charge in [-0.2, -0.15) is 0 Å². The topological polar surface area (TPSA) is 26.0 Å². The Morgan fingerprint density at radius 1 is 1.70 bits per heavy atom. The summed E-state index contributed by atoms with van der Waals surface area (Å²) in [7, 11) is 0. The molecule has 0 aromatic heterocycles. The van der Waals surface area contributed by atoms with E-state index in [0.717, 1.165) is 5.56 Å². The molecule has 0 aliphatic rings. The summed E-state index contributed by atoms with van der Waals surface area (Å²) in [5, 5.41) is 0.0722. The van der Waals surface area contributed by atoms with Gasteiger partial charge in [-0.15, -0.1) is 0 Å². The van der Waals surface area contributed by atoms with Crippen LogP contribution in [0.4, 0.5) is 4.39 Å². The summed E-state index contributed by atoms with van der Waals surface area (Å²) in [4.78, 5) is 0. The van der Waals surface area contributed by atoms with Crippen LogP contribution in [0.25, 0.3) is 0 Å². The van der Waals surface area contributed by atoms with Gasteiger partial charge in [-0.25, -0.2) is 4.39 Å². The average molecular weight is 159 g/mol. The van der Waals surface area contributed by atoms with E-state index in [2.05, 4.69) is 6.07 Å². The number of hydrogen-bond donors (Lipinski definition) is 1. The van der Waals surface area contributed by atoms with Crippen LogP contribution in [0.5, 0.6) is 0 Å². The van der Waals surface area contributed by atoms with Gasteiger partial charge in [-0.3, -0.25) is 0 Å². The molecule has 0 aliphatic heterocycles. The number of halogens is 2. The molecule has 0 saturated heterocycles. The van der Waals surface area contributed by atoms with Crippen LogP contribution < -0.4 is 5.73 Å². The van der Waals surface area contributed by atoms with Gasteiger partial charge in [0, 0.05) is 12.6 Å². The van der Waals surface area contributed by atoms with Gasteiger partial charge in [0.2, 0.25) is 0 Å². The molecule has 53 valence electrons. The molecule has 1 aromatic carbocycles. The highest BCUT2D eigenvalue weighted by Crippen LogP contribution is 2.14. The second-order valence-electron chi connectivity index (χ2n) is 1.87. The summed E-state index contributed by atoms with van der Waals surface area (Å²) in [6.07, 6.45) is 0. The Morgan fingerprint density at radius 3 is 2.90 bits per heavy atom. The molecule has 0 amide bonds. The van der Waals surface area contributed by atoms with E-state index in [1.54, 1.807) is 0 Å². The summed E-state index contributed by atoms with van der Waals surface area (Å²) < 4.78 is 12.4. The van der Waals surface area contributed by atoms with Crippen molar-refractivity contribution in [3.05, 3.63) is 34.6 Å². The Kier molecular flexibility index (Phi) is 2.25.